The molecule has 2 unspecified atom stereocenters. The van der Waals surface area contributed by atoms with E-state index in [4.69, 9.17) is 0 Å². The van der Waals surface area contributed by atoms with Crippen molar-refractivity contribution in [2.75, 3.05) is 24.5 Å². The standard InChI is InChI=1S/C15H23FN2O2/c1-10(2)6-17-7-11-5-12(16)3-4-13(11)18-8-14(19)15(20)9-18/h3-5,10,14-15,17,19-20H,6-9H2,1-2H3. The Balaban J connectivity index is 2.11. The van der Waals surface area contributed by atoms with Gasteiger partial charge in [-0.3, -0.25) is 0 Å². The van der Waals surface area contributed by atoms with Crippen LogP contribution in [0.5, 0.6) is 0 Å². The molecule has 0 aliphatic carbocycles. The molecule has 1 aliphatic rings. The minimum Gasteiger partial charge on any atom is -0.389 e. The molecule has 112 valence electrons. The van der Waals surface area contributed by atoms with Gasteiger partial charge in [-0.05, 0) is 36.2 Å². The van der Waals surface area contributed by atoms with Gasteiger partial charge in [0.1, 0.15) is 5.82 Å². The number of nitrogens with zero attached hydrogens (tertiary/aromatic N) is 1. The number of aliphatic hydroxyl groups is 2. The number of halogens is 1. The van der Waals surface area contributed by atoms with Crippen LogP contribution >= 0.6 is 0 Å². The van der Waals surface area contributed by atoms with Gasteiger partial charge in [0.05, 0.1) is 12.2 Å². The van der Waals surface area contributed by atoms with Gasteiger partial charge in [0.2, 0.25) is 0 Å². The molecule has 0 saturated carbocycles. The maximum atomic E-state index is 13.4. The van der Waals surface area contributed by atoms with Crippen molar-refractivity contribution in [1.82, 2.24) is 5.32 Å². The van der Waals surface area contributed by atoms with Crippen molar-refractivity contribution >= 4 is 5.69 Å². The highest BCUT2D eigenvalue weighted by Crippen LogP contribution is 2.26. The first-order chi connectivity index (χ1) is 9.47. The van der Waals surface area contributed by atoms with E-state index in [2.05, 4.69) is 19.2 Å². The molecule has 1 heterocycles. The lowest BCUT2D eigenvalue weighted by atomic mass is 10.1. The first kappa shape index (κ1) is 15.2. The highest BCUT2D eigenvalue weighted by molar-refractivity contribution is 5.55. The van der Waals surface area contributed by atoms with E-state index in [0.717, 1.165) is 17.8 Å². The number of rotatable bonds is 5. The molecule has 4 nitrogen and oxygen atoms in total. The summed E-state index contributed by atoms with van der Waals surface area (Å²) < 4.78 is 13.4. The van der Waals surface area contributed by atoms with Gasteiger partial charge in [-0.2, -0.15) is 0 Å². The van der Waals surface area contributed by atoms with Crippen LogP contribution in [0.15, 0.2) is 18.2 Å². The summed E-state index contributed by atoms with van der Waals surface area (Å²) in [4.78, 5) is 1.90. The van der Waals surface area contributed by atoms with Gasteiger partial charge in [0, 0.05) is 25.3 Å². The van der Waals surface area contributed by atoms with Crippen LogP contribution in [0.25, 0.3) is 0 Å². The fraction of sp³-hybridized carbons (Fsp3) is 0.600. The van der Waals surface area contributed by atoms with Gasteiger partial charge in [0.15, 0.2) is 0 Å². The van der Waals surface area contributed by atoms with Crippen molar-refractivity contribution in [2.24, 2.45) is 5.92 Å². The maximum Gasteiger partial charge on any atom is 0.123 e. The summed E-state index contributed by atoms with van der Waals surface area (Å²) in [6.45, 7) is 6.43. The predicted octanol–water partition coefficient (Wildman–Crippen LogP) is 1.11. The Labute approximate surface area is 119 Å². The van der Waals surface area contributed by atoms with Gasteiger partial charge >= 0.3 is 0 Å². The van der Waals surface area contributed by atoms with Gasteiger partial charge in [0.25, 0.3) is 0 Å². The van der Waals surface area contributed by atoms with Gasteiger partial charge in [-0.25, -0.2) is 4.39 Å². The zero-order valence-electron chi connectivity index (χ0n) is 12.0. The van der Waals surface area contributed by atoms with E-state index in [-0.39, 0.29) is 5.82 Å². The first-order valence-electron chi connectivity index (χ1n) is 7.07. The van der Waals surface area contributed by atoms with Crippen LogP contribution < -0.4 is 10.2 Å². The van der Waals surface area contributed by atoms with Crippen molar-refractivity contribution in [3.63, 3.8) is 0 Å². The Morgan fingerprint density at radius 2 is 1.95 bits per heavy atom. The summed E-state index contributed by atoms with van der Waals surface area (Å²) in [5, 5.41) is 22.6. The topological polar surface area (TPSA) is 55.7 Å². The van der Waals surface area contributed by atoms with Gasteiger partial charge in [-0.1, -0.05) is 13.8 Å². The summed E-state index contributed by atoms with van der Waals surface area (Å²) in [7, 11) is 0. The lowest BCUT2D eigenvalue weighted by Gasteiger charge is -2.22. The molecule has 1 aromatic rings. The van der Waals surface area contributed by atoms with Crippen LogP contribution in [-0.2, 0) is 6.54 Å². The van der Waals surface area contributed by atoms with E-state index in [1.807, 2.05) is 4.90 Å². The lowest BCUT2D eigenvalue weighted by molar-refractivity contribution is 0.0572. The molecular weight excluding hydrogens is 259 g/mol. The number of nitrogens with one attached hydrogen (secondary N) is 1. The van der Waals surface area contributed by atoms with E-state index in [9.17, 15) is 14.6 Å². The zero-order valence-corrected chi connectivity index (χ0v) is 12.0. The van der Waals surface area contributed by atoms with E-state index in [1.54, 1.807) is 6.07 Å². The molecule has 1 aromatic carbocycles. The number of aliphatic hydroxyl groups excluding tert-OH is 2. The summed E-state index contributed by atoms with van der Waals surface area (Å²) in [5.41, 5.74) is 1.73. The molecule has 0 spiro atoms. The Bertz CT molecular complexity index is 443. The van der Waals surface area contributed by atoms with Gasteiger partial charge in [-0.15, -0.1) is 0 Å². The quantitative estimate of drug-likeness (QED) is 0.757. The van der Waals surface area contributed by atoms with Crippen LogP contribution in [-0.4, -0.2) is 42.1 Å². The highest BCUT2D eigenvalue weighted by Gasteiger charge is 2.30. The molecule has 20 heavy (non-hydrogen) atoms. The molecule has 0 bridgehead atoms. The second kappa shape index (κ2) is 6.52. The molecular formula is C15H23FN2O2. The van der Waals surface area contributed by atoms with Crippen LogP contribution in [0, 0.1) is 11.7 Å². The molecule has 2 atom stereocenters. The third kappa shape index (κ3) is 3.69. The smallest absolute Gasteiger partial charge is 0.123 e. The molecule has 0 radical (unpaired) electrons. The lowest BCUT2D eigenvalue weighted by Crippen LogP contribution is -2.25. The van der Waals surface area contributed by atoms with Crippen molar-refractivity contribution in [1.29, 1.82) is 0 Å². The third-order valence-electron chi connectivity index (χ3n) is 3.51. The molecule has 2 rings (SSSR count). The SMILES string of the molecule is CC(C)CNCc1cc(F)ccc1N1CC(O)C(O)C1. The normalized spacial score (nSPS) is 22.8. The van der Waals surface area contributed by atoms with Crippen LogP contribution in [0.1, 0.15) is 19.4 Å². The van der Waals surface area contributed by atoms with E-state index in [0.29, 0.717) is 25.6 Å². The third-order valence-corrected chi connectivity index (χ3v) is 3.51. The Morgan fingerprint density at radius 1 is 1.30 bits per heavy atom. The largest absolute Gasteiger partial charge is 0.389 e. The fourth-order valence-corrected chi connectivity index (χ4v) is 2.47. The number of anilines is 1. The fourth-order valence-electron chi connectivity index (χ4n) is 2.47. The molecule has 3 N–H and O–H groups in total. The van der Waals surface area contributed by atoms with Crippen molar-refractivity contribution < 1.29 is 14.6 Å². The molecule has 1 fully saturated rings. The highest BCUT2D eigenvalue weighted by atomic mass is 19.1. The minimum atomic E-state index is -0.739. The predicted molar refractivity (Wildman–Crippen MR) is 77.2 cm³/mol. The minimum absolute atomic E-state index is 0.268. The Morgan fingerprint density at radius 3 is 2.55 bits per heavy atom. The second-order valence-corrected chi connectivity index (χ2v) is 5.84. The first-order valence-corrected chi connectivity index (χ1v) is 7.07. The molecule has 5 heteroatoms. The van der Waals surface area contributed by atoms with Crippen LogP contribution in [0.3, 0.4) is 0 Å². The van der Waals surface area contributed by atoms with Crippen molar-refractivity contribution in [3.8, 4) is 0 Å². The maximum absolute atomic E-state index is 13.4. The molecule has 0 amide bonds. The number of β-amino-alcohol motifs (C(OH)–C–C–N with tert-alkyl or cyclic N) is 2. The van der Waals surface area contributed by atoms with Crippen molar-refractivity contribution in [3.05, 3.63) is 29.6 Å². The van der Waals surface area contributed by atoms with Crippen LogP contribution in [0.4, 0.5) is 10.1 Å². The summed E-state index contributed by atoms with van der Waals surface area (Å²) >= 11 is 0. The zero-order chi connectivity index (χ0) is 14.7. The summed E-state index contributed by atoms with van der Waals surface area (Å²) in [6.07, 6.45) is -1.48. The molecule has 0 aromatic heterocycles. The average molecular weight is 282 g/mol. The van der Waals surface area contributed by atoms with Crippen molar-refractivity contribution in [2.45, 2.75) is 32.6 Å². The Kier molecular flexibility index (Phi) is 4.96. The van der Waals surface area contributed by atoms with E-state index < -0.39 is 12.2 Å². The van der Waals surface area contributed by atoms with Crippen LogP contribution in [0.2, 0.25) is 0 Å². The molecule has 1 aliphatic heterocycles. The molecule has 1 saturated heterocycles. The number of benzene rings is 1. The number of hydrogen-bond donors (Lipinski definition) is 3. The summed E-state index contributed by atoms with van der Waals surface area (Å²) in [5.74, 6) is 0.262. The van der Waals surface area contributed by atoms with E-state index >= 15 is 0 Å². The number of hydrogen-bond acceptors (Lipinski definition) is 4. The Hall–Kier alpha value is -1.17. The monoisotopic (exact) mass is 282 g/mol. The van der Waals surface area contributed by atoms with Gasteiger partial charge < -0.3 is 20.4 Å². The van der Waals surface area contributed by atoms with E-state index in [1.165, 1.54) is 12.1 Å². The summed E-state index contributed by atoms with van der Waals surface area (Å²) in [6, 6.07) is 4.64. The average Bonchev–Trinajstić information content (AvgIpc) is 2.69. The second-order valence-electron chi connectivity index (χ2n) is 5.84.